The Hall–Kier alpha value is -1.36. The minimum Gasteiger partial charge on any atom is -0.394 e. The van der Waals surface area contributed by atoms with Crippen molar-refractivity contribution in [2.75, 3.05) is 17.7 Å². The number of nitrogens with one attached hydrogen (secondary N) is 1. The van der Waals surface area contributed by atoms with Gasteiger partial charge in [0.25, 0.3) is 0 Å². The second kappa shape index (κ2) is 5.20. The molecular formula is C15H26N4O. The van der Waals surface area contributed by atoms with E-state index in [2.05, 4.69) is 36.1 Å². The number of hydrogen-bond donors (Lipinski definition) is 3. The van der Waals surface area contributed by atoms with Gasteiger partial charge in [0, 0.05) is 11.0 Å². The van der Waals surface area contributed by atoms with Gasteiger partial charge in [0.1, 0.15) is 17.5 Å². The van der Waals surface area contributed by atoms with Crippen LogP contribution in [0.2, 0.25) is 0 Å². The van der Waals surface area contributed by atoms with Crippen LogP contribution in [0, 0.1) is 6.92 Å². The van der Waals surface area contributed by atoms with E-state index in [-0.39, 0.29) is 17.6 Å². The Balaban J connectivity index is 2.38. The minimum absolute atomic E-state index is 0.126. The fraction of sp³-hybridized carbons (Fsp3) is 0.733. The Bertz CT molecular complexity index is 487. The molecule has 1 aliphatic rings. The third-order valence-electron chi connectivity index (χ3n) is 4.10. The maximum atomic E-state index is 9.73. The molecule has 5 heteroatoms. The van der Waals surface area contributed by atoms with Crippen LogP contribution in [-0.2, 0) is 5.41 Å². The molecule has 1 fully saturated rings. The van der Waals surface area contributed by atoms with Gasteiger partial charge in [-0.2, -0.15) is 0 Å². The number of aromatic nitrogens is 2. The van der Waals surface area contributed by atoms with Gasteiger partial charge in [0.15, 0.2) is 0 Å². The van der Waals surface area contributed by atoms with Crippen molar-refractivity contribution in [3.63, 3.8) is 0 Å². The molecule has 1 aromatic rings. The van der Waals surface area contributed by atoms with Crippen molar-refractivity contribution in [3.8, 4) is 0 Å². The van der Waals surface area contributed by atoms with Crippen LogP contribution in [0.3, 0.4) is 0 Å². The van der Waals surface area contributed by atoms with E-state index in [9.17, 15) is 5.11 Å². The lowest BCUT2D eigenvalue weighted by Gasteiger charge is -2.30. The molecule has 5 nitrogen and oxygen atoms in total. The van der Waals surface area contributed by atoms with Gasteiger partial charge in [-0.1, -0.05) is 33.6 Å². The van der Waals surface area contributed by atoms with Gasteiger partial charge < -0.3 is 16.2 Å². The molecule has 1 heterocycles. The summed E-state index contributed by atoms with van der Waals surface area (Å²) in [5.41, 5.74) is 6.48. The van der Waals surface area contributed by atoms with Crippen LogP contribution in [0.1, 0.15) is 57.8 Å². The zero-order valence-corrected chi connectivity index (χ0v) is 13.0. The Labute approximate surface area is 121 Å². The number of aliphatic hydroxyl groups is 1. The van der Waals surface area contributed by atoms with Gasteiger partial charge in [-0.05, 0) is 19.8 Å². The first-order valence-electron chi connectivity index (χ1n) is 7.31. The van der Waals surface area contributed by atoms with E-state index in [4.69, 9.17) is 5.73 Å². The van der Waals surface area contributed by atoms with E-state index in [1.807, 2.05) is 6.92 Å². The Morgan fingerprint density at radius 3 is 2.35 bits per heavy atom. The molecule has 0 radical (unpaired) electrons. The van der Waals surface area contributed by atoms with Crippen LogP contribution >= 0.6 is 0 Å². The number of aliphatic hydroxyl groups excluding tert-OH is 1. The molecule has 0 atom stereocenters. The molecule has 1 aliphatic carbocycles. The smallest absolute Gasteiger partial charge is 0.138 e. The summed E-state index contributed by atoms with van der Waals surface area (Å²) in [6.45, 7) is 8.25. The number of rotatable bonds is 3. The Morgan fingerprint density at radius 2 is 1.85 bits per heavy atom. The summed E-state index contributed by atoms with van der Waals surface area (Å²) in [4.78, 5) is 9.04. The number of nitrogen functional groups attached to an aromatic ring is 1. The largest absolute Gasteiger partial charge is 0.394 e. The van der Waals surface area contributed by atoms with Crippen molar-refractivity contribution >= 4 is 11.6 Å². The first kappa shape index (κ1) is 15.0. The van der Waals surface area contributed by atoms with Crippen molar-refractivity contribution in [3.05, 3.63) is 11.4 Å². The molecular weight excluding hydrogens is 252 g/mol. The van der Waals surface area contributed by atoms with Crippen LogP contribution < -0.4 is 11.1 Å². The molecule has 20 heavy (non-hydrogen) atoms. The fourth-order valence-corrected chi connectivity index (χ4v) is 2.62. The summed E-state index contributed by atoms with van der Waals surface area (Å²) < 4.78 is 0. The Morgan fingerprint density at radius 1 is 1.25 bits per heavy atom. The number of hydrogen-bond acceptors (Lipinski definition) is 5. The first-order valence-corrected chi connectivity index (χ1v) is 7.31. The van der Waals surface area contributed by atoms with Crippen molar-refractivity contribution in [1.82, 2.24) is 9.97 Å². The topological polar surface area (TPSA) is 84.1 Å². The lowest BCUT2D eigenvalue weighted by Crippen LogP contribution is -2.40. The van der Waals surface area contributed by atoms with Crippen LogP contribution in [0.15, 0.2) is 0 Å². The minimum atomic E-state index is -0.249. The average Bonchev–Trinajstić information content (AvgIpc) is 2.82. The summed E-state index contributed by atoms with van der Waals surface area (Å²) in [7, 11) is 0. The van der Waals surface area contributed by atoms with E-state index in [1.54, 1.807) is 0 Å². The summed E-state index contributed by atoms with van der Waals surface area (Å²) >= 11 is 0. The van der Waals surface area contributed by atoms with Crippen molar-refractivity contribution in [2.45, 2.75) is 64.3 Å². The predicted octanol–water partition coefficient (Wildman–Crippen LogP) is 2.38. The van der Waals surface area contributed by atoms with E-state index in [1.165, 1.54) is 0 Å². The van der Waals surface area contributed by atoms with Crippen molar-refractivity contribution in [2.24, 2.45) is 0 Å². The zero-order valence-electron chi connectivity index (χ0n) is 13.0. The van der Waals surface area contributed by atoms with Crippen molar-refractivity contribution < 1.29 is 5.11 Å². The normalized spacial score (nSPS) is 18.2. The van der Waals surface area contributed by atoms with E-state index in [0.29, 0.717) is 5.82 Å². The van der Waals surface area contributed by atoms with Crippen LogP contribution in [0.25, 0.3) is 0 Å². The van der Waals surface area contributed by atoms with Crippen LogP contribution in [0.5, 0.6) is 0 Å². The zero-order chi connectivity index (χ0) is 15.0. The molecule has 0 saturated heterocycles. The van der Waals surface area contributed by atoms with Gasteiger partial charge in [0.2, 0.25) is 0 Å². The summed E-state index contributed by atoms with van der Waals surface area (Å²) in [6.07, 6.45) is 4.22. The second-order valence-corrected chi connectivity index (χ2v) is 6.93. The van der Waals surface area contributed by atoms with E-state index in [0.717, 1.165) is 42.9 Å². The summed E-state index contributed by atoms with van der Waals surface area (Å²) in [6, 6.07) is 0. The highest BCUT2D eigenvalue weighted by Gasteiger charge is 2.34. The fourth-order valence-electron chi connectivity index (χ4n) is 2.62. The van der Waals surface area contributed by atoms with Crippen LogP contribution in [0.4, 0.5) is 11.6 Å². The average molecular weight is 278 g/mol. The maximum Gasteiger partial charge on any atom is 0.138 e. The predicted molar refractivity (Wildman–Crippen MR) is 81.8 cm³/mol. The van der Waals surface area contributed by atoms with Gasteiger partial charge >= 0.3 is 0 Å². The van der Waals surface area contributed by atoms with E-state index < -0.39 is 0 Å². The Kier molecular flexibility index (Phi) is 3.91. The highest BCUT2D eigenvalue weighted by atomic mass is 16.3. The third-order valence-corrected chi connectivity index (χ3v) is 4.10. The highest BCUT2D eigenvalue weighted by Crippen LogP contribution is 2.34. The third kappa shape index (κ3) is 2.87. The van der Waals surface area contributed by atoms with E-state index >= 15 is 0 Å². The van der Waals surface area contributed by atoms with Gasteiger partial charge in [-0.15, -0.1) is 0 Å². The standard InChI is InChI=1S/C15H26N4O/c1-10-11(16)17-13(14(2,3)4)18-12(10)19-15(9-20)7-5-6-8-15/h20H,5-9H2,1-4H3,(H3,16,17,18,19). The monoisotopic (exact) mass is 278 g/mol. The quantitative estimate of drug-likeness (QED) is 0.790. The molecule has 0 spiro atoms. The molecule has 112 valence electrons. The van der Waals surface area contributed by atoms with Crippen LogP contribution in [-0.4, -0.2) is 27.2 Å². The summed E-state index contributed by atoms with van der Waals surface area (Å²) in [5, 5.41) is 13.2. The summed E-state index contributed by atoms with van der Waals surface area (Å²) in [5.74, 6) is 2.01. The molecule has 0 bridgehead atoms. The van der Waals surface area contributed by atoms with Crippen molar-refractivity contribution in [1.29, 1.82) is 0 Å². The number of anilines is 2. The molecule has 0 amide bonds. The molecule has 0 unspecified atom stereocenters. The number of nitrogens with two attached hydrogens (primary N) is 1. The molecule has 1 saturated carbocycles. The highest BCUT2D eigenvalue weighted by molar-refractivity contribution is 5.56. The SMILES string of the molecule is Cc1c(N)nc(C(C)(C)C)nc1NC1(CO)CCCC1. The van der Waals surface area contributed by atoms with Gasteiger partial charge in [-0.25, -0.2) is 9.97 Å². The first-order chi connectivity index (χ1) is 9.27. The van der Waals surface area contributed by atoms with Gasteiger partial charge in [0.05, 0.1) is 12.1 Å². The lowest BCUT2D eigenvalue weighted by molar-refractivity contribution is 0.213. The molecule has 0 aliphatic heterocycles. The van der Waals surface area contributed by atoms with Gasteiger partial charge in [-0.3, -0.25) is 0 Å². The lowest BCUT2D eigenvalue weighted by atomic mass is 9.95. The molecule has 2 rings (SSSR count). The molecule has 4 N–H and O–H groups in total. The molecule has 1 aromatic heterocycles. The number of nitrogens with zero attached hydrogens (tertiary/aromatic N) is 2. The molecule has 0 aromatic carbocycles. The second-order valence-electron chi connectivity index (χ2n) is 6.93. The maximum absolute atomic E-state index is 9.73.